The predicted octanol–water partition coefficient (Wildman–Crippen LogP) is 5.64. The van der Waals surface area contributed by atoms with Crippen LogP contribution in [-0.4, -0.2) is 28.0 Å². The van der Waals surface area contributed by atoms with Crippen molar-refractivity contribution in [2.24, 2.45) is 5.41 Å². The van der Waals surface area contributed by atoms with Crippen LogP contribution in [-0.2, 0) is 21.6 Å². The number of nitrogen functional groups attached to an aromatic ring is 1. The standard InChI is InChI=1S/C25H30ClFN6O4S/c1-14-31-32-22(37-14)29-12-15-7-6-8-19(20(15)28)30-23(35)38-33-25(5,13-36-21(34)24(2,3)4)16-9-10-18(27)17(26)11-16/h6-11,33H,12-13,28H2,1-5H3,(H,29,32)(H,30,35). The summed E-state index contributed by atoms with van der Waals surface area (Å²) < 4.78 is 27.6. The average Bonchev–Trinajstić information content (AvgIpc) is 3.27. The number of esters is 1. The number of anilines is 3. The molecule has 0 bridgehead atoms. The van der Waals surface area contributed by atoms with E-state index in [1.807, 2.05) is 0 Å². The number of benzene rings is 2. The number of hydrogen-bond acceptors (Lipinski definition) is 10. The number of carbonyl (C=O) groups excluding carboxylic acids is 2. The Morgan fingerprint density at radius 1 is 1.18 bits per heavy atom. The summed E-state index contributed by atoms with van der Waals surface area (Å²) in [7, 11) is 0. The van der Waals surface area contributed by atoms with Crippen LogP contribution < -0.4 is 21.1 Å². The van der Waals surface area contributed by atoms with Gasteiger partial charge in [-0.3, -0.25) is 9.59 Å². The lowest BCUT2D eigenvalue weighted by atomic mass is 9.93. The van der Waals surface area contributed by atoms with E-state index in [2.05, 4.69) is 25.6 Å². The lowest BCUT2D eigenvalue weighted by molar-refractivity contribution is -0.155. The van der Waals surface area contributed by atoms with Crippen molar-refractivity contribution in [1.29, 1.82) is 0 Å². The Bertz CT molecular complexity index is 1320. The van der Waals surface area contributed by atoms with Crippen LogP contribution in [0, 0.1) is 18.2 Å². The first-order chi connectivity index (χ1) is 17.8. The van der Waals surface area contributed by atoms with Crippen molar-refractivity contribution in [2.75, 3.05) is 23.0 Å². The summed E-state index contributed by atoms with van der Waals surface area (Å²) >= 11 is 6.73. The van der Waals surface area contributed by atoms with E-state index in [0.29, 0.717) is 34.9 Å². The van der Waals surface area contributed by atoms with Crippen LogP contribution in [0.2, 0.25) is 5.02 Å². The molecule has 5 N–H and O–H groups in total. The summed E-state index contributed by atoms with van der Waals surface area (Å²) in [4.78, 5) is 25.2. The monoisotopic (exact) mass is 564 g/mol. The first kappa shape index (κ1) is 29.2. The number of nitrogens with zero attached hydrogens (tertiary/aromatic N) is 2. The van der Waals surface area contributed by atoms with Crippen molar-refractivity contribution in [3.8, 4) is 0 Å². The van der Waals surface area contributed by atoms with Crippen LogP contribution in [0.3, 0.4) is 0 Å². The number of carbonyl (C=O) groups is 2. The predicted molar refractivity (Wildman–Crippen MR) is 146 cm³/mol. The first-order valence-corrected chi connectivity index (χ1v) is 12.8. The fraction of sp³-hybridized carbons (Fsp3) is 0.360. The van der Waals surface area contributed by atoms with Gasteiger partial charge in [0.25, 0.3) is 5.24 Å². The molecule has 1 amide bonds. The molecule has 0 saturated heterocycles. The van der Waals surface area contributed by atoms with Crippen LogP contribution in [0.1, 0.15) is 44.7 Å². The molecule has 1 heterocycles. The Morgan fingerprint density at radius 3 is 2.55 bits per heavy atom. The second-order valence-electron chi connectivity index (χ2n) is 9.76. The highest BCUT2D eigenvalue weighted by atomic mass is 35.5. The molecule has 0 spiro atoms. The summed E-state index contributed by atoms with van der Waals surface area (Å²) in [5, 5.41) is 12.8. The summed E-state index contributed by atoms with van der Waals surface area (Å²) in [5.41, 5.74) is 6.44. The molecule has 0 saturated carbocycles. The third-order valence-electron chi connectivity index (χ3n) is 5.42. The maximum atomic E-state index is 13.8. The van der Waals surface area contributed by atoms with E-state index >= 15 is 0 Å². The number of amides is 1. The van der Waals surface area contributed by atoms with Gasteiger partial charge in [0.05, 0.1) is 27.4 Å². The maximum absolute atomic E-state index is 13.8. The van der Waals surface area contributed by atoms with Gasteiger partial charge in [-0.15, -0.1) is 5.10 Å². The van der Waals surface area contributed by atoms with Crippen molar-refractivity contribution in [3.63, 3.8) is 0 Å². The fourth-order valence-electron chi connectivity index (χ4n) is 3.15. The topological polar surface area (TPSA) is 144 Å². The molecule has 38 heavy (non-hydrogen) atoms. The SMILES string of the molecule is Cc1nnc(NCc2cccc(NC(=O)SNC(C)(COC(=O)C(C)(C)C)c3ccc(F)c(Cl)c3)c2N)o1. The van der Waals surface area contributed by atoms with Gasteiger partial charge in [0.2, 0.25) is 5.89 Å². The fourth-order valence-corrected chi connectivity index (χ4v) is 3.98. The average molecular weight is 565 g/mol. The van der Waals surface area contributed by atoms with E-state index in [4.69, 9.17) is 26.5 Å². The Labute approximate surface area is 229 Å². The molecule has 0 aliphatic rings. The molecule has 13 heteroatoms. The highest BCUT2D eigenvalue weighted by Gasteiger charge is 2.33. The molecule has 204 valence electrons. The molecule has 3 rings (SSSR count). The van der Waals surface area contributed by atoms with Gasteiger partial charge in [-0.2, -0.15) is 0 Å². The summed E-state index contributed by atoms with van der Waals surface area (Å²) in [6, 6.07) is 9.61. The third kappa shape index (κ3) is 7.59. The van der Waals surface area contributed by atoms with E-state index in [0.717, 1.165) is 11.9 Å². The van der Waals surface area contributed by atoms with E-state index in [9.17, 15) is 14.0 Å². The van der Waals surface area contributed by atoms with Gasteiger partial charge >= 0.3 is 12.0 Å². The van der Waals surface area contributed by atoms with Crippen molar-refractivity contribution < 1.29 is 23.1 Å². The van der Waals surface area contributed by atoms with Crippen molar-refractivity contribution in [1.82, 2.24) is 14.9 Å². The summed E-state index contributed by atoms with van der Waals surface area (Å²) in [5.74, 6) is -0.593. The van der Waals surface area contributed by atoms with Gasteiger partial charge < -0.3 is 25.5 Å². The molecular formula is C25H30ClFN6O4S. The minimum Gasteiger partial charge on any atom is -0.463 e. The zero-order chi connectivity index (χ0) is 28.1. The molecule has 0 radical (unpaired) electrons. The Balaban J connectivity index is 1.70. The molecule has 0 aliphatic carbocycles. The highest BCUT2D eigenvalue weighted by Crippen LogP contribution is 2.30. The number of hydrogen-bond donors (Lipinski definition) is 4. The van der Waals surface area contributed by atoms with Crippen LogP contribution in [0.25, 0.3) is 0 Å². The quantitative estimate of drug-likeness (QED) is 0.146. The number of nitrogens with two attached hydrogens (primary N) is 1. The molecule has 2 aromatic carbocycles. The number of aromatic nitrogens is 2. The van der Waals surface area contributed by atoms with Crippen molar-refractivity contribution in [2.45, 2.75) is 46.7 Å². The molecule has 0 fully saturated rings. The smallest absolute Gasteiger partial charge is 0.315 e. The van der Waals surface area contributed by atoms with E-state index in [1.165, 1.54) is 18.2 Å². The minimum absolute atomic E-state index is 0.0963. The molecule has 10 nitrogen and oxygen atoms in total. The van der Waals surface area contributed by atoms with Crippen LogP contribution in [0.15, 0.2) is 40.8 Å². The van der Waals surface area contributed by atoms with Gasteiger partial charge in [0, 0.05) is 25.4 Å². The Morgan fingerprint density at radius 2 is 1.92 bits per heavy atom. The number of nitrogens with one attached hydrogen (secondary N) is 3. The zero-order valence-electron chi connectivity index (χ0n) is 21.6. The first-order valence-electron chi connectivity index (χ1n) is 11.6. The van der Waals surface area contributed by atoms with Gasteiger partial charge in [-0.1, -0.05) is 34.9 Å². The number of ether oxygens (including phenoxy) is 1. The molecule has 0 aliphatic heterocycles. The van der Waals surface area contributed by atoms with Crippen LogP contribution >= 0.6 is 23.5 Å². The Kier molecular flexibility index (Phi) is 9.23. The van der Waals surface area contributed by atoms with Crippen LogP contribution in [0.5, 0.6) is 0 Å². The van der Waals surface area contributed by atoms with E-state index < -0.39 is 28.0 Å². The molecule has 1 atom stereocenters. The van der Waals surface area contributed by atoms with Gasteiger partial charge in [0.15, 0.2) is 0 Å². The minimum atomic E-state index is -1.08. The second-order valence-corrected chi connectivity index (χ2v) is 10.9. The Hall–Kier alpha value is -3.35. The third-order valence-corrected chi connectivity index (χ3v) is 6.55. The number of aryl methyl sites for hydroxylation is 1. The number of para-hydroxylation sites is 1. The van der Waals surface area contributed by atoms with Crippen molar-refractivity contribution in [3.05, 3.63) is 64.3 Å². The summed E-state index contributed by atoms with van der Waals surface area (Å²) in [6.45, 7) is 8.75. The number of rotatable bonds is 9. The second kappa shape index (κ2) is 12.0. The molecule has 3 aromatic rings. The molecule has 1 unspecified atom stereocenters. The van der Waals surface area contributed by atoms with E-state index in [1.54, 1.807) is 52.8 Å². The molecular weight excluding hydrogens is 535 g/mol. The molecule has 1 aromatic heterocycles. The van der Waals surface area contributed by atoms with Gasteiger partial charge in [-0.05, 0) is 57.0 Å². The van der Waals surface area contributed by atoms with Crippen LogP contribution in [0.4, 0.5) is 26.6 Å². The van der Waals surface area contributed by atoms with E-state index in [-0.39, 0.29) is 17.6 Å². The largest absolute Gasteiger partial charge is 0.463 e. The lowest BCUT2D eigenvalue weighted by Crippen LogP contribution is -2.42. The van der Waals surface area contributed by atoms with Crippen molar-refractivity contribution >= 4 is 52.1 Å². The zero-order valence-corrected chi connectivity index (χ0v) is 23.2. The normalized spacial score (nSPS) is 13.0. The van der Waals surface area contributed by atoms with Gasteiger partial charge in [-0.25, -0.2) is 9.11 Å². The maximum Gasteiger partial charge on any atom is 0.315 e. The summed E-state index contributed by atoms with van der Waals surface area (Å²) in [6.07, 6.45) is 0. The highest BCUT2D eigenvalue weighted by molar-refractivity contribution is 8.12. The lowest BCUT2D eigenvalue weighted by Gasteiger charge is -2.31. The number of halogens is 2. The van der Waals surface area contributed by atoms with Gasteiger partial charge in [0.1, 0.15) is 12.4 Å².